The molecule has 1 fully saturated rings. The fraction of sp³-hybridized carbons (Fsp3) is 0.833. The number of rotatable bonds is 1. The van der Waals surface area contributed by atoms with E-state index in [4.69, 9.17) is 10.00 Å². The summed E-state index contributed by atoms with van der Waals surface area (Å²) < 4.78 is 5.29. The number of nitriles is 1. The minimum atomic E-state index is -0.448. The number of nitrogens with zero attached hydrogens (tertiary/aromatic N) is 2. The van der Waals surface area contributed by atoms with Gasteiger partial charge in [0.2, 0.25) is 0 Å². The molecule has 4 heteroatoms. The summed E-state index contributed by atoms with van der Waals surface area (Å²) in [6.07, 6.45) is 0.633. The molecule has 0 aromatic rings. The fourth-order valence-electron chi connectivity index (χ4n) is 1.79. The number of hydrogen-bond acceptors (Lipinski definition) is 3. The van der Waals surface area contributed by atoms with Crippen molar-refractivity contribution in [1.82, 2.24) is 4.90 Å². The summed E-state index contributed by atoms with van der Waals surface area (Å²) in [7, 11) is 0. The monoisotopic (exact) mass is 224 g/mol. The molecule has 1 aliphatic heterocycles. The van der Waals surface area contributed by atoms with Crippen LogP contribution < -0.4 is 0 Å². The Bertz CT molecular complexity index is 301. The van der Waals surface area contributed by atoms with Crippen LogP contribution >= 0.6 is 0 Å². The van der Waals surface area contributed by atoms with Crippen LogP contribution in [0.15, 0.2) is 0 Å². The summed E-state index contributed by atoms with van der Waals surface area (Å²) in [5, 5.41) is 8.82. The quantitative estimate of drug-likeness (QED) is 0.687. The second-order valence-corrected chi connectivity index (χ2v) is 5.39. The molecule has 0 aromatic carbocycles. The van der Waals surface area contributed by atoms with Gasteiger partial charge in [-0.05, 0) is 40.0 Å². The molecule has 0 spiro atoms. The molecule has 1 saturated heterocycles. The van der Waals surface area contributed by atoms with E-state index in [-0.39, 0.29) is 17.9 Å². The van der Waals surface area contributed by atoms with Gasteiger partial charge in [0.15, 0.2) is 0 Å². The zero-order valence-corrected chi connectivity index (χ0v) is 10.5. The van der Waals surface area contributed by atoms with Gasteiger partial charge in [-0.25, -0.2) is 4.79 Å². The number of carbonyl (C=O) groups is 1. The molecule has 4 nitrogen and oxygen atoms in total. The average Bonchev–Trinajstić information content (AvgIpc) is 2.62. The first kappa shape index (κ1) is 12.8. The fourth-order valence-corrected chi connectivity index (χ4v) is 1.79. The molecule has 0 N–H and O–H groups in total. The van der Waals surface area contributed by atoms with Crippen molar-refractivity contribution < 1.29 is 9.53 Å². The zero-order valence-electron chi connectivity index (χ0n) is 10.5. The maximum atomic E-state index is 11.7. The van der Waals surface area contributed by atoms with Gasteiger partial charge in [-0.2, -0.15) is 5.26 Å². The summed E-state index contributed by atoms with van der Waals surface area (Å²) in [6, 6.07) is 2.24. The minimum absolute atomic E-state index is 0.00689. The Morgan fingerprint density at radius 2 is 2.19 bits per heavy atom. The molecule has 1 rings (SSSR count). The van der Waals surface area contributed by atoms with Crippen molar-refractivity contribution in [3.8, 4) is 6.07 Å². The molecule has 90 valence electrons. The lowest BCUT2D eigenvalue weighted by Gasteiger charge is -2.24. The highest BCUT2D eigenvalue weighted by molar-refractivity contribution is 5.68. The molecule has 1 heterocycles. The average molecular weight is 224 g/mol. The standard InChI is InChI=1S/C12H20N2O2/c1-9(7-13)10-5-6-14(8-10)11(15)16-12(2,3)4/h9-10H,5-6,8H2,1-4H3. The molecule has 1 amide bonds. The van der Waals surface area contributed by atoms with E-state index in [1.54, 1.807) is 4.90 Å². The Labute approximate surface area is 97.2 Å². The first-order chi connectivity index (χ1) is 7.33. The summed E-state index contributed by atoms with van der Waals surface area (Å²) in [6.45, 7) is 8.82. The van der Waals surface area contributed by atoms with Gasteiger partial charge in [0.05, 0.1) is 6.07 Å². The summed E-state index contributed by atoms with van der Waals surface area (Å²) in [5.41, 5.74) is -0.448. The van der Waals surface area contributed by atoms with Crippen molar-refractivity contribution in [3.05, 3.63) is 0 Å². The van der Waals surface area contributed by atoms with Gasteiger partial charge in [-0.3, -0.25) is 0 Å². The first-order valence-electron chi connectivity index (χ1n) is 5.71. The van der Waals surface area contributed by atoms with E-state index >= 15 is 0 Å². The van der Waals surface area contributed by atoms with E-state index < -0.39 is 5.60 Å². The largest absolute Gasteiger partial charge is 0.444 e. The van der Waals surface area contributed by atoms with Crippen LogP contribution in [0.3, 0.4) is 0 Å². The molecular weight excluding hydrogens is 204 g/mol. The Morgan fingerprint density at radius 1 is 1.56 bits per heavy atom. The summed E-state index contributed by atoms with van der Waals surface area (Å²) in [4.78, 5) is 13.4. The predicted octanol–water partition coefficient (Wildman–Crippen LogP) is 2.40. The van der Waals surface area contributed by atoms with Gasteiger partial charge in [0.1, 0.15) is 5.60 Å². The van der Waals surface area contributed by atoms with Crippen molar-refractivity contribution >= 4 is 6.09 Å². The van der Waals surface area contributed by atoms with Gasteiger partial charge in [-0.15, -0.1) is 0 Å². The SMILES string of the molecule is CC(C#N)C1CCN(C(=O)OC(C)(C)C)C1. The van der Waals surface area contributed by atoms with Crippen LogP contribution in [-0.2, 0) is 4.74 Å². The Morgan fingerprint density at radius 3 is 2.69 bits per heavy atom. The lowest BCUT2D eigenvalue weighted by Crippen LogP contribution is -2.35. The van der Waals surface area contributed by atoms with Crippen LogP contribution in [0, 0.1) is 23.2 Å². The summed E-state index contributed by atoms with van der Waals surface area (Å²) >= 11 is 0. The zero-order chi connectivity index (χ0) is 12.3. The van der Waals surface area contributed by atoms with E-state index in [2.05, 4.69) is 6.07 Å². The number of amides is 1. The molecule has 0 bridgehead atoms. The van der Waals surface area contributed by atoms with Crippen LogP contribution in [0.2, 0.25) is 0 Å². The smallest absolute Gasteiger partial charge is 0.410 e. The van der Waals surface area contributed by atoms with Crippen molar-refractivity contribution in [2.45, 2.75) is 39.7 Å². The van der Waals surface area contributed by atoms with E-state index in [9.17, 15) is 4.79 Å². The number of hydrogen-bond donors (Lipinski definition) is 0. The van der Waals surface area contributed by atoms with Gasteiger partial charge >= 0.3 is 6.09 Å². The number of carbonyl (C=O) groups excluding carboxylic acids is 1. The van der Waals surface area contributed by atoms with E-state index in [0.29, 0.717) is 13.1 Å². The van der Waals surface area contributed by atoms with Crippen molar-refractivity contribution in [2.75, 3.05) is 13.1 Å². The second-order valence-electron chi connectivity index (χ2n) is 5.39. The number of ether oxygens (including phenoxy) is 1. The van der Waals surface area contributed by atoms with Crippen LogP contribution in [0.5, 0.6) is 0 Å². The highest BCUT2D eigenvalue weighted by Gasteiger charge is 2.32. The first-order valence-corrected chi connectivity index (χ1v) is 5.71. The van der Waals surface area contributed by atoms with Crippen LogP contribution in [0.25, 0.3) is 0 Å². The van der Waals surface area contributed by atoms with E-state index in [1.165, 1.54) is 0 Å². The third-order valence-electron chi connectivity index (χ3n) is 2.79. The van der Waals surface area contributed by atoms with E-state index in [0.717, 1.165) is 6.42 Å². The molecule has 2 unspecified atom stereocenters. The third-order valence-corrected chi connectivity index (χ3v) is 2.79. The van der Waals surface area contributed by atoms with Gasteiger partial charge in [0, 0.05) is 19.0 Å². The molecule has 0 radical (unpaired) electrons. The maximum absolute atomic E-state index is 11.7. The molecule has 2 atom stereocenters. The Hall–Kier alpha value is -1.24. The van der Waals surface area contributed by atoms with Gasteiger partial charge in [0.25, 0.3) is 0 Å². The number of likely N-dealkylation sites (tertiary alicyclic amines) is 1. The lowest BCUT2D eigenvalue weighted by molar-refractivity contribution is 0.0286. The normalized spacial score (nSPS) is 22.7. The van der Waals surface area contributed by atoms with E-state index in [1.807, 2.05) is 27.7 Å². The topological polar surface area (TPSA) is 53.3 Å². The Kier molecular flexibility index (Phi) is 3.79. The lowest BCUT2D eigenvalue weighted by atomic mass is 9.95. The molecule has 1 aliphatic rings. The highest BCUT2D eigenvalue weighted by atomic mass is 16.6. The summed E-state index contributed by atoms with van der Waals surface area (Å²) in [5.74, 6) is 0.296. The molecule has 16 heavy (non-hydrogen) atoms. The second kappa shape index (κ2) is 4.73. The van der Waals surface area contributed by atoms with Crippen LogP contribution in [0.1, 0.15) is 34.1 Å². The minimum Gasteiger partial charge on any atom is -0.444 e. The van der Waals surface area contributed by atoms with Crippen LogP contribution in [0.4, 0.5) is 4.79 Å². The predicted molar refractivity (Wildman–Crippen MR) is 60.7 cm³/mol. The van der Waals surface area contributed by atoms with Crippen molar-refractivity contribution in [2.24, 2.45) is 11.8 Å². The third kappa shape index (κ3) is 3.41. The van der Waals surface area contributed by atoms with Crippen LogP contribution in [-0.4, -0.2) is 29.7 Å². The molecule has 0 aliphatic carbocycles. The molecule has 0 saturated carbocycles. The molecule has 0 aromatic heterocycles. The van der Waals surface area contributed by atoms with Crippen molar-refractivity contribution in [3.63, 3.8) is 0 Å². The van der Waals surface area contributed by atoms with Crippen molar-refractivity contribution in [1.29, 1.82) is 5.26 Å². The highest BCUT2D eigenvalue weighted by Crippen LogP contribution is 2.24. The Balaban J connectivity index is 2.48. The van der Waals surface area contributed by atoms with Gasteiger partial charge in [-0.1, -0.05) is 0 Å². The molecular formula is C12H20N2O2. The maximum Gasteiger partial charge on any atom is 0.410 e. The van der Waals surface area contributed by atoms with Gasteiger partial charge < -0.3 is 9.64 Å².